The Balaban J connectivity index is 2.92. The molecule has 1 N–H and O–H groups in total. The fourth-order valence-electron chi connectivity index (χ4n) is 1.43. The van der Waals surface area contributed by atoms with Crippen molar-refractivity contribution >= 4 is 6.16 Å². The number of carboxylic acid groups (broad SMARTS) is 1. The minimum Gasteiger partial charge on any atom is -0.450 e. The van der Waals surface area contributed by atoms with E-state index in [1.807, 2.05) is 6.08 Å². The average molecular weight is 214 g/mol. The van der Waals surface area contributed by atoms with E-state index in [-0.39, 0.29) is 0 Å². The second-order valence-electron chi connectivity index (χ2n) is 3.67. The summed E-state index contributed by atoms with van der Waals surface area (Å²) in [6.45, 7) is 4.02. The van der Waals surface area contributed by atoms with Gasteiger partial charge in [-0.05, 0) is 19.3 Å². The Kier molecular flexibility index (Phi) is 10.4. The summed E-state index contributed by atoms with van der Waals surface area (Å²) in [5, 5.41) is 8.21. The van der Waals surface area contributed by atoms with Crippen LogP contribution in [0.25, 0.3) is 0 Å². The maximum absolute atomic E-state index is 10.0. The lowest BCUT2D eigenvalue weighted by Gasteiger charge is -2.01. The normalized spacial score (nSPS) is 9.87. The molecule has 0 aromatic rings. The molecule has 0 spiro atoms. The van der Waals surface area contributed by atoms with Crippen molar-refractivity contribution in [3.63, 3.8) is 0 Å². The van der Waals surface area contributed by atoms with Crippen LogP contribution >= 0.6 is 0 Å². The molecule has 0 aliphatic carbocycles. The van der Waals surface area contributed by atoms with Crippen LogP contribution in [0, 0.1) is 0 Å². The summed E-state index contributed by atoms with van der Waals surface area (Å²) in [5.74, 6) is 0. The van der Waals surface area contributed by atoms with E-state index in [1.54, 1.807) is 0 Å². The van der Waals surface area contributed by atoms with Gasteiger partial charge in [0.25, 0.3) is 0 Å². The van der Waals surface area contributed by atoms with Crippen LogP contribution in [0.3, 0.4) is 0 Å². The maximum atomic E-state index is 10.0. The Labute approximate surface area is 92.1 Å². The molecule has 3 heteroatoms. The summed E-state index contributed by atoms with van der Waals surface area (Å²) in [5.41, 5.74) is 0. The highest BCUT2D eigenvalue weighted by Gasteiger charge is 1.95. The van der Waals surface area contributed by atoms with Gasteiger partial charge in [-0.1, -0.05) is 38.2 Å². The van der Waals surface area contributed by atoms with Crippen molar-refractivity contribution in [3.8, 4) is 0 Å². The summed E-state index contributed by atoms with van der Waals surface area (Å²) in [6, 6.07) is 0. The number of rotatable bonds is 10. The highest BCUT2D eigenvalue weighted by molar-refractivity contribution is 5.56. The molecule has 0 amide bonds. The lowest BCUT2D eigenvalue weighted by Crippen LogP contribution is -2.01. The standard InChI is InChI=1S/C12H22O3/c1-2-3-4-5-6-7-8-9-10-11-15-12(13)14/h2H,1,3-11H2,(H,13,14). The van der Waals surface area contributed by atoms with Crippen LogP contribution in [-0.2, 0) is 4.74 Å². The minimum atomic E-state index is -1.17. The van der Waals surface area contributed by atoms with Crippen LogP contribution in [0.2, 0.25) is 0 Å². The first-order chi connectivity index (χ1) is 7.27. The van der Waals surface area contributed by atoms with Gasteiger partial charge < -0.3 is 9.84 Å². The second-order valence-corrected chi connectivity index (χ2v) is 3.67. The summed E-state index contributed by atoms with van der Waals surface area (Å²) < 4.78 is 4.41. The molecule has 0 aliphatic heterocycles. The van der Waals surface area contributed by atoms with E-state index in [0.29, 0.717) is 6.61 Å². The lowest BCUT2D eigenvalue weighted by molar-refractivity contribution is 0.0899. The molecule has 0 fully saturated rings. The molecule has 3 nitrogen and oxygen atoms in total. The Morgan fingerprint density at radius 3 is 2.13 bits per heavy atom. The molecule has 0 bridgehead atoms. The van der Waals surface area contributed by atoms with Crippen molar-refractivity contribution in [2.24, 2.45) is 0 Å². The minimum absolute atomic E-state index is 0.339. The zero-order chi connectivity index (χ0) is 11.4. The molecule has 0 saturated carbocycles. The van der Waals surface area contributed by atoms with Crippen LogP contribution in [0.1, 0.15) is 51.4 Å². The third-order valence-electron chi connectivity index (χ3n) is 2.28. The van der Waals surface area contributed by atoms with Gasteiger partial charge in [0.15, 0.2) is 0 Å². The Hall–Kier alpha value is -0.990. The van der Waals surface area contributed by atoms with Crippen molar-refractivity contribution < 1.29 is 14.6 Å². The molecule has 0 rings (SSSR count). The lowest BCUT2D eigenvalue weighted by atomic mass is 10.1. The van der Waals surface area contributed by atoms with E-state index in [0.717, 1.165) is 19.3 Å². The molecule has 0 atom stereocenters. The third kappa shape index (κ3) is 13.0. The fraction of sp³-hybridized carbons (Fsp3) is 0.750. The van der Waals surface area contributed by atoms with Gasteiger partial charge in [-0.3, -0.25) is 0 Å². The molecule has 15 heavy (non-hydrogen) atoms. The highest BCUT2D eigenvalue weighted by atomic mass is 16.7. The molecule has 88 valence electrons. The topological polar surface area (TPSA) is 46.5 Å². The van der Waals surface area contributed by atoms with Crippen LogP contribution in [-0.4, -0.2) is 17.9 Å². The van der Waals surface area contributed by atoms with Crippen LogP contribution in [0.15, 0.2) is 12.7 Å². The van der Waals surface area contributed by atoms with Crippen molar-refractivity contribution in [2.45, 2.75) is 51.4 Å². The smallest absolute Gasteiger partial charge is 0.450 e. The van der Waals surface area contributed by atoms with Crippen LogP contribution < -0.4 is 0 Å². The van der Waals surface area contributed by atoms with Gasteiger partial charge in [0.2, 0.25) is 0 Å². The molecule has 0 unspecified atom stereocenters. The van der Waals surface area contributed by atoms with Crippen molar-refractivity contribution in [1.82, 2.24) is 0 Å². The van der Waals surface area contributed by atoms with Gasteiger partial charge in [0, 0.05) is 0 Å². The van der Waals surface area contributed by atoms with Gasteiger partial charge in [-0.15, -0.1) is 6.58 Å². The SMILES string of the molecule is C=CCCCCCCCCCOC(=O)O. The van der Waals surface area contributed by atoms with Gasteiger partial charge in [0.1, 0.15) is 0 Å². The predicted molar refractivity (Wildman–Crippen MR) is 61.1 cm³/mol. The van der Waals surface area contributed by atoms with E-state index in [9.17, 15) is 4.79 Å². The predicted octanol–water partition coefficient (Wildman–Crippen LogP) is 3.99. The zero-order valence-corrected chi connectivity index (χ0v) is 9.41. The second kappa shape index (κ2) is 11.1. The largest absolute Gasteiger partial charge is 0.505 e. The van der Waals surface area contributed by atoms with E-state index >= 15 is 0 Å². The number of carbonyl (C=O) groups is 1. The summed E-state index contributed by atoms with van der Waals surface area (Å²) in [4.78, 5) is 10.0. The number of hydrogen-bond donors (Lipinski definition) is 1. The molecule has 0 heterocycles. The first kappa shape index (κ1) is 14.0. The Morgan fingerprint density at radius 1 is 1.07 bits per heavy atom. The first-order valence-electron chi connectivity index (χ1n) is 5.74. The maximum Gasteiger partial charge on any atom is 0.505 e. The first-order valence-corrected chi connectivity index (χ1v) is 5.74. The van der Waals surface area contributed by atoms with Gasteiger partial charge in [0.05, 0.1) is 6.61 Å². The summed E-state index contributed by atoms with van der Waals surface area (Å²) in [7, 11) is 0. The number of allylic oxidation sites excluding steroid dienone is 1. The Bertz CT molecular complexity index is 166. The monoisotopic (exact) mass is 214 g/mol. The molecule has 0 saturated heterocycles. The average Bonchev–Trinajstić information content (AvgIpc) is 2.20. The van der Waals surface area contributed by atoms with Crippen molar-refractivity contribution in [1.29, 1.82) is 0 Å². The molecule has 0 radical (unpaired) electrons. The molecule has 0 aliphatic rings. The van der Waals surface area contributed by atoms with E-state index < -0.39 is 6.16 Å². The van der Waals surface area contributed by atoms with Crippen molar-refractivity contribution in [3.05, 3.63) is 12.7 Å². The van der Waals surface area contributed by atoms with Crippen molar-refractivity contribution in [2.75, 3.05) is 6.61 Å². The number of unbranched alkanes of at least 4 members (excludes halogenated alkanes) is 7. The third-order valence-corrected chi connectivity index (χ3v) is 2.28. The quantitative estimate of drug-likeness (QED) is 0.340. The van der Waals surface area contributed by atoms with E-state index in [4.69, 9.17) is 5.11 Å². The van der Waals surface area contributed by atoms with Gasteiger partial charge >= 0.3 is 6.16 Å². The Morgan fingerprint density at radius 2 is 1.60 bits per heavy atom. The van der Waals surface area contributed by atoms with Gasteiger partial charge in [-0.25, -0.2) is 4.79 Å². The molecular weight excluding hydrogens is 192 g/mol. The molecule has 0 aromatic heterocycles. The summed E-state index contributed by atoms with van der Waals surface area (Å²) >= 11 is 0. The highest BCUT2D eigenvalue weighted by Crippen LogP contribution is 2.08. The summed E-state index contributed by atoms with van der Waals surface area (Å²) in [6.07, 6.45) is 10.0. The number of ether oxygens (including phenoxy) is 1. The van der Waals surface area contributed by atoms with Crippen LogP contribution in [0.4, 0.5) is 4.79 Å². The molecular formula is C12H22O3. The van der Waals surface area contributed by atoms with Crippen LogP contribution in [0.5, 0.6) is 0 Å². The zero-order valence-electron chi connectivity index (χ0n) is 9.41. The van der Waals surface area contributed by atoms with E-state index in [1.165, 1.54) is 32.1 Å². The van der Waals surface area contributed by atoms with Gasteiger partial charge in [-0.2, -0.15) is 0 Å². The fourth-order valence-corrected chi connectivity index (χ4v) is 1.43. The molecule has 0 aromatic carbocycles. The number of hydrogen-bond acceptors (Lipinski definition) is 2. The van der Waals surface area contributed by atoms with E-state index in [2.05, 4.69) is 11.3 Å².